The van der Waals surface area contributed by atoms with E-state index in [0.29, 0.717) is 26.1 Å². The van der Waals surface area contributed by atoms with E-state index in [-0.39, 0.29) is 11.9 Å². The lowest BCUT2D eigenvalue weighted by atomic mass is 10.2. The van der Waals surface area contributed by atoms with Crippen molar-refractivity contribution in [2.24, 2.45) is 0 Å². The molecule has 1 unspecified atom stereocenters. The number of carbonyl (C=O) groups is 1. The molecule has 0 saturated carbocycles. The summed E-state index contributed by atoms with van der Waals surface area (Å²) >= 11 is 0. The molecule has 0 aliphatic carbocycles. The fourth-order valence-electron chi connectivity index (χ4n) is 2.22. The average Bonchev–Trinajstić information content (AvgIpc) is 2.56. The van der Waals surface area contributed by atoms with Crippen molar-refractivity contribution < 1.29 is 9.53 Å². The van der Waals surface area contributed by atoms with Crippen LogP contribution in [-0.4, -0.2) is 17.5 Å². The fraction of sp³-hybridized carbons (Fsp3) is 0.368. The number of nitrogens with zero attached hydrogens (tertiary/aromatic N) is 1. The second-order valence-corrected chi connectivity index (χ2v) is 5.69. The molecular weight excluding hydrogens is 288 g/mol. The van der Waals surface area contributed by atoms with Gasteiger partial charge in [-0.2, -0.15) is 0 Å². The Morgan fingerprint density at radius 3 is 2.70 bits per heavy atom. The van der Waals surface area contributed by atoms with Crippen molar-refractivity contribution in [3.8, 4) is 0 Å². The molecule has 0 bridgehead atoms. The molecule has 2 rings (SSSR count). The first kappa shape index (κ1) is 17.2. The topological polar surface area (TPSA) is 51.2 Å². The van der Waals surface area contributed by atoms with Gasteiger partial charge in [-0.1, -0.05) is 36.4 Å². The predicted molar refractivity (Wildman–Crippen MR) is 90.9 cm³/mol. The summed E-state index contributed by atoms with van der Waals surface area (Å²) in [6.07, 6.45) is 2.99. The summed E-state index contributed by atoms with van der Waals surface area (Å²) in [6.45, 7) is 5.11. The second kappa shape index (κ2) is 9.06. The highest BCUT2D eigenvalue weighted by Gasteiger charge is 2.10. The average molecular weight is 312 g/mol. The van der Waals surface area contributed by atoms with E-state index in [0.717, 1.165) is 16.8 Å². The molecule has 0 spiro atoms. The second-order valence-electron chi connectivity index (χ2n) is 5.69. The van der Waals surface area contributed by atoms with Gasteiger partial charge in [0.05, 0.1) is 18.3 Å². The summed E-state index contributed by atoms with van der Waals surface area (Å²) in [4.78, 5) is 16.3. The Morgan fingerprint density at radius 1 is 1.22 bits per heavy atom. The lowest BCUT2D eigenvalue weighted by Crippen LogP contribution is -2.27. The molecule has 1 heterocycles. The first-order chi connectivity index (χ1) is 11.1. The number of aromatic nitrogens is 1. The number of pyridine rings is 1. The molecular formula is C19H24N2O2. The zero-order valence-electron chi connectivity index (χ0n) is 13.8. The van der Waals surface area contributed by atoms with Gasteiger partial charge in [0.2, 0.25) is 5.91 Å². The summed E-state index contributed by atoms with van der Waals surface area (Å²) in [5.41, 5.74) is 3.14. The number of aryl methyl sites for hydroxylation is 1. The highest BCUT2D eigenvalue weighted by Crippen LogP contribution is 2.10. The molecule has 4 heteroatoms. The summed E-state index contributed by atoms with van der Waals surface area (Å²) in [5.74, 6) is 0.0307. The summed E-state index contributed by atoms with van der Waals surface area (Å²) in [7, 11) is 0. The van der Waals surface area contributed by atoms with E-state index in [1.54, 1.807) is 0 Å². The number of benzene rings is 1. The third kappa shape index (κ3) is 6.20. The van der Waals surface area contributed by atoms with Gasteiger partial charge in [-0.3, -0.25) is 9.78 Å². The maximum Gasteiger partial charge on any atom is 0.220 e. The first-order valence-electron chi connectivity index (χ1n) is 7.99. The summed E-state index contributed by atoms with van der Waals surface area (Å²) in [5, 5.41) is 2.97. The van der Waals surface area contributed by atoms with Crippen LogP contribution in [0.25, 0.3) is 0 Å². The minimum absolute atomic E-state index is 0.0307. The number of nitrogens with one attached hydrogen (secondary N) is 1. The smallest absolute Gasteiger partial charge is 0.220 e. The molecule has 0 fully saturated rings. The summed E-state index contributed by atoms with van der Waals surface area (Å²) < 4.78 is 5.58. The normalized spacial score (nSPS) is 11.9. The number of carbonyl (C=O) groups excluding carboxylic acids is 1. The zero-order valence-corrected chi connectivity index (χ0v) is 13.8. The predicted octanol–water partition coefficient (Wildman–Crippen LogP) is 3.56. The van der Waals surface area contributed by atoms with E-state index in [9.17, 15) is 4.79 Å². The quantitative estimate of drug-likeness (QED) is 0.758. The van der Waals surface area contributed by atoms with Gasteiger partial charge in [0, 0.05) is 19.2 Å². The Morgan fingerprint density at radius 2 is 2.00 bits per heavy atom. The largest absolute Gasteiger partial charge is 0.377 e. The molecule has 0 radical (unpaired) electrons. The van der Waals surface area contributed by atoms with Crippen molar-refractivity contribution in [1.82, 2.24) is 10.3 Å². The van der Waals surface area contributed by atoms with Gasteiger partial charge < -0.3 is 10.1 Å². The number of rotatable bonds is 8. The molecule has 1 aromatic heterocycles. The van der Waals surface area contributed by atoms with Crippen molar-refractivity contribution in [3.05, 3.63) is 65.5 Å². The van der Waals surface area contributed by atoms with E-state index in [1.807, 2.05) is 62.5 Å². The molecule has 1 N–H and O–H groups in total. The van der Waals surface area contributed by atoms with Gasteiger partial charge in [0.25, 0.3) is 0 Å². The van der Waals surface area contributed by atoms with Crippen LogP contribution in [0.3, 0.4) is 0 Å². The Hall–Kier alpha value is -2.20. The fourth-order valence-corrected chi connectivity index (χ4v) is 2.22. The van der Waals surface area contributed by atoms with E-state index >= 15 is 0 Å². The Labute approximate surface area is 137 Å². The Bertz CT molecular complexity index is 597. The monoisotopic (exact) mass is 312 g/mol. The minimum Gasteiger partial charge on any atom is -0.377 e. The number of ether oxygens (including phenoxy) is 1. The van der Waals surface area contributed by atoms with Crippen molar-refractivity contribution in [2.45, 2.75) is 39.3 Å². The van der Waals surface area contributed by atoms with Gasteiger partial charge in [0.15, 0.2) is 0 Å². The Kier molecular flexibility index (Phi) is 6.76. The molecule has 1 atom stereocenters. The van der Waals surface area contributed by atoms with Crippen LogP contribution in [0.15, 0.2) is 48.7 Å². The third-order valence-corrected chi connectivity index (χ3v) is 3.56. The van der Waals surface area contributed by atoms with Crippen LogP contribution < -0.4 is 5.32 Å². The molecule has 0 saturated heterocycles. The van der Waals surface area contributed by atoms with Crippen LogP contribution in [0.1, 0.15) is 42.6 Å². The van der Waals surface area contributed by atoms with E-state index < -0.39 is 0 Å². The standard InChI is InChI=1S/C19H24N2O2/c1-15-10-11-18(20-13-15)16(2)21-19(22)9-6-12-23-14-17-7-4-3-5-8-17/h3-5,7-8,10-11,13,16H,6,9,12,14H2,1-2H3,(H,21,22). The minimum atomic E-state index is -0.0756. The first-order valence-corrected chi connectivity index (χ1v) is 7.99. The van der Waals surface area contributed by atoms with Crippen molar-refractivity contribution in [1.29, 1.82) is 0 Å². The van der Waals surface area contributed by atoms with E-state index in [2.05, 4.69) is 10.3 Å². The number of hydrogen-bond donors (Lipinski definition) is 1. The highest BCUT2D eigenvalue weighted by molar-refractivity contribution is 5.76. The third-order valence-electron chi connectivity index (χ3n) is 3.56. The molecule has 122 valence electrons. The van der Waals surface area contributed by atoms with Crippen molar-refractivity contribution in [2.75, 3.05) is 6.61 Å². The van der Waals surface area contributed by atoms with Crippen LogP contribution in [0.5, 0.6) is 0 Å². The maximum absolute atomic E-state index is 11.9. The Balaban J connectivity index is 1.62. The zero-order chi connectivity index (χ0) is 16.5. The molecule has 2 aromatic rings. The van der Waals surface area contributed by atoms with Crippen LogP contribution in [0, 0.1) is 6.92 Å². The molecule has 1 amide bonds. The van der Waals surface area contributed by atoms with Crippen LogP contribution in [0.4, 0.5) is 0 Å². The molecule has 1 aromatic carbocycles. The van der Waals surface area contributed by atoms with Gasteiger partial charge >= 0.3 is 0 Å². The highest BCUT2D eigenvalue weighted by atomic mass is 16.5. The van der Waals surface area contributed by atoms with Crippen LogP contribution >= 0.6 is 0 Å². The molecule has 0 aliphatic heterocycles. The lowest BCUT2D eigenvalue weighted by molar-refractivity contribution is -0.122. The van der Waals surface area contributed by atoms with Gasteiger partial charge in [-0.15, -0.1) is 0 Å². The van der Waals surface area contributed by atoms with E-state index in [4.69, 9.17) is 4.74 Å². The summed E-state index contributed by atoms with van der Waals surface area (Å²) in [6, 6.07) is 13.9. The SMILES string of the molecule is Cc1ccc(C(C)NC(=O)CCCOCc2ccccc2)nc1. The van der Waals surface area contributed by atoms with Gasteiger partial charge in [-0.05, 0) is 37.5 Å². The van der Waals surface area contributed by atoms with Crippen molar-refractivity contribution >= 4 is 5.91 Å². The van der Waals surface area contributed by atoms with Gasteiger partial charge in [-0.25, -0.2) is 0 Å². The molecule has 0 aliphatic rings. The van der Waals surface area contributed by atoms with Crippen LogP contribution in [0.2, 0.25) is 0 Å². The number of hydrogen-bond acceptors (Lipinski definition) is 3. The van der Waals surface area contributed by atoms with Crippen molar-refractivity contribution in [3.63, 3.8) is 0 Å². The van der Waals surface area contributed by atoms with Gasteiger partial charge in [0.1, 0.15) is 0 Å². The number of amides is 1. The molecule has 23 heavy (non-hydrogen) atoms. The van der Waals surface area contributed by atoms with Crippen LogP contribution in [-0.2, 0) is 16.1 Å². The maximum atomic E-state index is 11.9. The molecule has 4 nitrogen and oxygen atoms in total. The van der Waals surface area contributed by atoms with E-state index in [1.165, 1.54) is 0 Å². The lowest BCUT2D eigenvalue weighted by Gasteiger charge is -2.13.